The van der Waals surface area contributed by atoms with Crippen LogP contribution in [0.2, 0.25) is 0 Å². The van der Waals surface area contributed by atoms with E-state index in [2.05, 4.69) is 37.1 Å². The van der Waals surface area contributed by atoms with Gasteiger partial charge < -0.3 is 10.4 Å². The first-order valence-electron chi connectivity index (χ1n) is 6.27. The summed E-state index contributed by atoms with van der Waals surface area (Å²) in [4.78, 5) is 2.50. The van der Waals surface area contributed by atoms with Gasteiger partial charge >= 0.3 is 0 Å². The third kappa shape index (κ3) is 2.61. The Bertz CT molecular complexity index is 390. The smallest absolute Gasteiger partial charge is 0.115 e. The first kappa shape index (κ1) is 12.4. The van der Waals surface area contributed by atoms with Crippen LogP contribution < -0.4 is 5.32 Å². The molecular formula is C14H22N2O. The molecular weight excluding hydrogens is 212 g/mol. The molecule has 1 heterocycles. The Kier molecular flexibility index (Phi) is 3.40. The van der Waals surface area contributed by atoms with E-state index < -0.39 is 0 Å². The minimum absolute atomic E-state index is 0.156. The molecule has 0 spiro atoms. The molecule has 2 N–H and O–H groups in total. The van der Waals surface area contributed by atoms with Crippen molar-refractivity contribution in [3.8, 4) is 5.75 Å². The maximum Gasteiger partial charge on any atom is 0.115 e. The van der Waals surface area contributed by atoms with Crippen molar-refractivity contribution in [2.24, 2.45) is 0 Å². The van der Waals surface area contributed by atoms with E-state index in [0.717, 1.165) is 19.6 Å². The first-order chi connectivity index (χ1) is 8.00. The van der Waals surface area contributed by atoms with Gasteiger partial charge in [-0.25, -0.2) is 0 Å². The molecule has 0 radical (unpaired) electrons. The lowest BCUT2D eigenvalue weighted by Crippen LogP contribution is -2.58. The number of rotatable bonds is 2. The fraction of sp³-hybridized carbons (Fsp3) is 0.571. The van der Waals surface area contributed by atoms with E-state index in [1.165, 1.54) is 5.56 Å². The second-order valence-electron chi connectivity index (χ2n) is 5.45. The van der Waals surface area contributed by atoms with Gasteiger partial charge in [0.25, 0.3) is 0 Å². The standard InChI is InChI=1S/C14H22N2O/c1-11(12-5-4-6-13(17)9-12)16-8-7-15-10-14(16,2)3/h4-6,9,11,15,17H,7-8,10H2,1-3H3. The third-order valence-corrected chi connectivity index (χ3v) is 3.68. The van der Waals surface area contributed by atoms with E-state index in [1.807, 2.05) is 12.1 Å². The van der Waals surface area contributed by atoms with Crippen LogP contribution in [0.1, 0.15) is 32.4 Å². The average molecular weight is 234 g/mol. The number of nitrogens with one attached hydrogen (secondary N) is 1. The summed E-state index contributed by atoms with van der Waals surface area (Å²) in [5.41, 5.74) is 1.34. The van der Waals surface area contributed by atoms with Gasteiger partial charge in [-0.3, -0.25) is 4.90 Å². The Labute approximate surface area is 103 Å². The van der Waals surface area contributed by atoms with Crippen molar-refractivity contribution >= 4 is 0 Å². The highest BCUT2D eigenvalue weighted by Crippen LogP contribution is 2.30. The fourth-order valence-electron chi connectivity index (χ4n) is 2.68. The molecule has 1 saturated heterocycles. The zero-order chi connectivity index (χ0) is 12.5. The van der Waals surface area contributed by atoms with Gasteiger partial charge in [-0.15, -0.1) is 0 Å². The molecule has 1 fully saturated rings. The van der Waals surface area contributed by atoms with E-state index in [-0.39, 0.29) is 5.54 Å². The monoisotopic (exact) mass is 234 g/mol. The number of hydrogen-bond donors (Lipinski definition) is 2. The molecule has 1 unspecified atom stereocenters. The molecule has 2 rings (SSSR count). The van der Waals surface area contributed by atoms with Crippen molar-refractivity contribution in [3.63, 3.8) is 0 Å². The Morgan fingerprint density at radius 3 is 2.82 bits per heavy atom. The molecule has 1 aliphatic heterocycles. The second-order valence-corrected chi connectivity index (χ2v) is 5.45. The molecule has 0 bridgehead atoms. The molecule has 1 aliphatic rings. The number of hydrogen-bond acceptors (Lipinski definition) is 3. The average Bonchev–Trinajstić information content (AvgIpc) is 2.27. The van der Waals surface area contributed by atoms with Crippen LogP contribution in [0.3, 0.4) is 0 Å². The molecule has 0 aromatic heterocycles. The van der Waals surface area contributed by atoms with Gasteiger partial charge in [0, 0.05) is 31.2 Å². The summed E-state index contributed by atoms with van der Waals surface area (Å²) in [5.74, 6) is 0.349. The maximum atomic E-state index is 9.56. The van der Waals surface area contributed by atoms with Crippen LogP contribution in [0.5, 0.6) is 5.75 Å². The summed E-state index contributed by atoms with van der Waals surface area (Å²) in [6.45, 7) is 9.82. The SMILES string of the molecule is CC(c1cccc(O)c1)N1CCNCC1(C)C. The highest BCUT2D eigenvalue weighted by molar-refractivity contribution is 5.29. The Morgan fingerprint density at radius 2 is 2.18 bits per heavy atom. The van der Waals surface area contributed by atoms with Crippen molar-refractivity contribution in [2.75, 3.05) is 19.6 Å². The lowest BCUT2D eigenvalue weighted by Gasteiger charge is -2.46. The van der Waals surface area contributed by atoms with Crippen LogP contribution in [0.25, 0.3) is 0 Å². The summed E-state index contributed by atoms with van der Waals surface area (Å²) in [6.07, 6.45) is 0. The molecule has 1 atom stereocenters. The van der Waals surface area contributed by atoms with Crippen molar-refractivity contribution in [1.82, 2.24) is 10.2 Å². The number of piperazine rings is 1. The molecule has 94 valence electrons. The van der Waals surface area contributed by atoms with Crippen molar-refractivity contribution in [2.45, 2.75) is 32.4 Å². The van der Waals surface area contributed by atoms with Crippen LogP contribution in [-0.4, -0.2) is 35.2 Å². The summed E-state index contributed by atoms with van der Waals surface area (Å²) >= 11 is 0. The summed E-state index contributed by atoms with van der Waals surface area (Å²) in [6, 6.07) is 7.92. The zero-order valence-corrected chi connectivity index (χ0v) is 10.9. The third-order valence-electron chi connectivity index (χ3n) is 3.68. The predicted molar refractivity (Wildman–Crippen MR) is 70.2 cm³/mol. The summed E-state index contributed by atoms with van der Waals surface area (Å²) in [5, 5.41) is 13.0. The maximum absolute atomic E-state index is 9.56. The number of benzene rings is 1. The normalized spacial score (nSPS) is 22.3. The zero-order valence-electron chi connectivity index (χ0n) is 10.9. The fourth-order valence-corrected chi connectivity index (χ4v) is 2.68. The van der Waals surface area contributed by atoms with E-state index in [4.69, 9.17) is 0 Å². The molecule has 17 heavy (non-hydrogen) atoms. The summed E-state index contributed by atoms with van der Waals surface area (Å²) in [7, 11) is 0. The molecule has 1 aromatic rings. The molecule has 0 amide bonds. The molecule has 3 nitrogen and oxygen atoms in total. The second kappa shape index (κ2) is 4.67. The van der Waals surface area contributed by atoms with Crippen LogP contribution in [-0.2, 0) is 0 Å². The van der Waals surface area contributed by atoms with Crippen LogP contribution in [0, 0.1) is 0 Å². The summed E-state index contributed by atoms with van der Waals surface area (Å²) < 4.78 is 0. The Morgan fingerprint density at radius 1 is 1.41 bits per heavy atom. The number of phenols is 1. The number of nitrogens with zero attached hydrogens (tertiary/aromatic N) is 1. The topological polar surface area (TPSA) is 35.5 Å². The lowest BCUT2D eigenvalue weighted by molar-refractivity contribution is 0.0516. The van der Waals surface area contributed by atoms with Crippen LogP contribution in [0.15, 0.2) is 24.3 Å². The van der Waals surface area contributed by atoms with E-state index >= 15 is 0 Å². The van der Waals surface area contributed by atoms with Crippen molar-refractivity contribution in [3.05, 3.63) is 29.8 Å². The molecule has 0 saturated carbocycles. The van der Waals surface area contributed by atoms with Gasteiger partial charge in [-0.1, -0.05) is 12.1 Å². The minimum atomic E-state index is 0.156. The quantitative estimate of drug-likeness (QED) is 0.823. The van der Waals surface area contributed by atoms with Gasteiger partial charge in [0.2, 0.25) is 0 Å². The van der Waals surface area contributed by atoms with Gasteiger partial charge in [0.15, 0.2) is 0 Å². The van der Waals surface area contributed by atoms with Gasteiger partial charge in [-0.2, -0.15) is 0 Å². The van der Waals surface area contributed by atoms with Gasteiger partial charge in [0.1, 0.15) is 5.75 Å². The number of phenolic OH excluding ortho intramolecular Hbond substituents is 1. The van der Waals surface area contributed by atoms with Crippen LogP contribution >= 0.6 is 0 Å². The predicted octanol–water partition coefficient (Wildman–Crippen LogP) is 2.14. The molecule has 1 aromatic carbocycles. The van der Waals surface area contributed by atoms with E-state index in [9.17, 15) is 5.11 Å². The number of aromatic hydroxyl groups is 1. The van der Waals surface area contributed by atoms with Crippen molar-refractivity contribution in [1.29, 1.82) is 0 Å². The van der Waals surface area contributed by atoms with Gasteiger partial charge in [0.05, 0.1) is 0 Å². The van der Waals surface area contributed by atoms with Crippen LogP contribution in [0.4, 0.5) is 0 Å². The Hall–Kier alpha value is -1.06. The molecule has 0 aliphatic carbocycles. The van der Waals surface area contributed by atoms with Gasteiger partial charge in [-0.05, 0) is 38.5 Å². The Balaban J connectivity index is 2.21. The highest BCUT2D eigenvalue weighted by atomic mass is 16.3. The first-order valence-corrected chi connectivity index (χ1v) is 6.27. The van der Waals surface area contributed by atoms with E-state index in [1.54, 1.807) is 6.07 Å². The minimum Gasteiger partial charge on any atom is -0.508 e. The van der Waals surface area contributed by atoms with E-state index in [0.29, 0.717) is 11.8 Å². The lowest BCUT2D eigenvalue weighted by atomic mass is 9.95. The molecule has 3 heteroatoms. The largest absolute Gasteiger partial charge is 0.508 e. The van der Waals surface area contributed by atoms with Crippen molar-refractivity contribution < 1.29 is 5.11 Å². The highest BCUT2D eigenvalue weighted by Gasteiger charge is 2.33.